The van der Waals surface area contributed by atoms with Gasteiger partial charge in [0.05, 0.1) is 26.0 Å². The first-order valence-corrected chi connectivity index (χ1v) is 9.10. The molecule has 1 amide bonds. The van der Waals surface area contributed by atoms with Gasteiger partial charge < -0.3 is 24.3 Å². The van der Waals surface area contributed by atoms with Crippen LogP contribution < -0.4 is 19.5 Å². The molecule has 0 bridgehead atoms. The summed E-state index contributed by atoms with van der Waals surface area (Å²) in [6.07, 6.45) is -0.167. The van der Waals surface area contributed by atoms with E-state index in [0.717, 1.165) is 11.3 Å². The number of amides is 1. The minimum absolute atomic E-state index is 0.167. The lowest BCUT2D eigenvalue weighted by Gasteiger charge is -2.24. The summed E-state index contributed by atoms with van der Waals surface area (Å²) in [5.74, 6) is 1.69. The van der Waals surface area contributed by atoms with Gasteiger partial charge in [-0.2, -0.15) is 0 Å². The van der Waals surface area contributed by atoms with Crippen LogP contribution in [0.25, 0.3) is 0 Å². The van der Waals surface area contributed by atoms with E-state index in [2.05, 4.69) is 15.6 Å². The van der Waals surface area contributed by atoms with Crippen LogP contribution in [0.4, 0.5) is 5.69 Å². The summed E-state index contributed by atoms with van der Waals surface area (Å²) in [5, 5.41) is 11.0. The number of hydrogen-bond acceptors (Lipinski definition) is 7. The highest BCUT2D eigenvalue weighted by atomic mass is 16.7. The molecule has 0 saturated carbocycles. The van der Waals surface area contributed by atoms with E-state index in [0.29, 0.717) is 29.4 Å². The Morgan fingerprint density at radius 1 is 1.17 bits per heavy atom. The van der Waals surface area contributed by atoms with Crippen molar-refractivity contribution in [3.05, 3.63) is 59.4 Å². The minimum Gasteiger partial charge on any atom is -0.497 e. The van der Waals surface area contributed by atoms with Gasteiger partial charge in [0, 0.05) is 11.8 Å². The maximum Gasteiger partial charge on any atom is 0.278 e. The number of anilines is 1. The van der Waals surface area contributed by atoms with Gasteiger partial charge in [-0.15, -0.1) is 5.10 Å². The van der Waals surface area contributed by atoms with Crippen LogP contribution in [0.2, 0.25) is 0 Å². The van der Waals surface area contributed by atoms with Gasteiger partial charge in [-0.05, 0) is 29.8 Å². The third-order valence-electron chi connectivity index (χ3n) is 4.93. The second-order valence-corrected chi connectivity index (χ2v) is 6.66. The Bertz CT molecular complexity index is 1060. The quantitative estimate of drug-likeness (QED) is 0.726. The van der Waals surface area contributed by atoms with E-state index < -0.39 is 0 Å². The van der Waals surface area contributed by atoms with Crippen LogP contribution in [-0.2, 0) is 17.9 Å². The van der Waals surface area contributed by atoms with Crippen molar-refractivity contribution in [2.24, 2.45) is 0 Å². The Kier molecular flexibility index (Phi) is 4.28. The first-order valence-electron chi connectivity index (χ1n) is 9.10. The van der Waals surface area contributed by atoms with E-state index in [1.54, 1.807) is 30.0 Å². The largest absolute Gasteiger partial charge is 0.497 e. The van der Waals surface area contributed by atoms with Gasteiger partial charge in [0.2, 0.25) is 6.79 Å². The molecule has 1 aromatic heterocycles. The summed E-state index contributed by atoms with van der Waals surface area (Å²) in [6.45, 7) is 0.900. The summed E-state index contributed by atoms with van der Waals surface area (Å²) in [6, 6.07) is 12.9. The summed E-state index contributed by atoms with van der Waals surface area (Å²) in [7, 11) is 1.63. The number of carbonyl (C=O) groups excluding carboxylic acids is 1. The van der Waals surface area contributed by atoms with Crippen LogP contribution in [0.15, 0.2) is 42.5 Å². The fourth-order valence-corrected chi connectivity index (χ4v) is 3.37. The van der Waals surface area contributed by atoms with Crippen LogP contribution >= 0.6 is 0 Å². The molecule has 1 atom stereocenters. The van der Waals surface area contributed by atoms with Crippen LogP contribution in [0.1, 0.15) is 27.8 Å². The van der Waals surface area contributed by atoms with Crippen molar-refractivity contribution >= 4 is 11.6 Å². The lowest BCUT2D eigenvalue weighted by Crippen LogP contribution is -2.24. The average Bonchev–Trinajstić information content (AvgIpc) is 3.39. The SMILES string of the molecule is COc1ccc([C@@H]2Cn3nnc(C(=O)Nc4ccc5c(c4)OCO5)c3CO2)cc1. The standard InChI is InChI=1S/C20H18N4O5/c1-26-14-5-2-12(3-6-14)18-9-24-15(10-27-18)19(22-23-24)20(25)21-13-4-7-16-17(8-13)29-11-28-16/h2-8,18H,9-11H2,1H3,(H,21,25)/t18-/m0/s1. The number of carbonyl (C=O) groups is 1. The van der Waals surface area contributed by atoms with Gasteiger partial charge in [-0.3, -0.25) is 4.79 Å². The number of hydrogen-bond donors (Lipinski definition) is 1. The Labute approximate surface area is 166 Å². The van der Waals surface area contributed by atoms with E-state index in [4.69, 9.17) is 18.9 Å². The highest BCUT2D eigenvalue weighted by Gasteiger charge is 2.28. The summed E-state index contributed by atoms with van der Waals surface area (Å²) in [5.41, 5.74) is 2.50. The second-order valence-electron chi connectivity index (χ2n) is 6.66. The molecule has 1 N–H and O–H groups in total. The van der Waals surface area contributed by atoms with Crippen molar-refractivity contribution in [1.82, 2.24) is 15.0 Å². The molecule has 3 aromatic rings. The monoisotopic (exact) mass is 394 g/mol. The molecule has 9 heteroatoms. The lowest BCUT2D eigenvalue weighted by atomic mass is 10.1. The molecule has 29 heavy (non-hydrogen) atoms. The topological polar surface area (TPSA) is 96.7 Å². The van der Waals surface area contributed by atoms with Crippen LogP contribution in [0.3, 0.4) is 0 Å². The molecule has 2 aliphatic rings. The normalized spacial score (nSPS) is 16.9. The third-order valence-corrected chi connectivity index (χ3v) is 4.93. The van der Waals surface area contributed by atoms with Gasteiger partial charge in [-0.1, -0.05) is 17.3 Å². The molecular weight excluding hydrogens is 376 g/mol. The van der Waals surface area contributed by atoms with Crippen molar-refractivity contribution in [3.63, 3.8) is 0 Å². The predicted molar refractivity (Wildman–Crippen MR) is 101 cm³/mol. The number of rotatable bonds is 4. The molecule has 0 fully saturated rings. The van der Waals surface area contributed by atoms with Gasteiger partial charge in [-0.25, -0.2) is 4.68 Å². The number of nitrogens with zero attached hydrogens (tertiary/aromatic N) is 3. The molecular formula is C20H18N4O5. The Balaban J connectivity index is 1.31. The lowest BCUT2D eigenvalue weighted by molar-refractivity contribution is -0.00173. The van der Waals surface area contributed by atoms with Crippen molar-refractivity contribution < 1.29 is 23.7 Å². The molecule has 0 radical (unpaired) electrons. The number of benzene rings is 2. The zero-order valence-electron chi connectivity index (χ0n) is 15.6. The van der Waals surface area contributed by atoms with Crippen LogP contribution in [0.5, 0.6) is 17.2 Å². The molecule has 0 aliphatic carbocycles. The zero-order valence-corrected chi connectivity index (χ0v) is 15.6. The molecule has 0 saturated heterocycles. The average molecular weight is 394 g/mol. The Morgan fingerprint density at radius 3 is 2.83 bits per heavy atom. The van der Waals surface area contributed by atoms with E-state index in [-0.39, 0.29) is 31.1 Å². The molecule has 9 nitrogen and oxygen atoms in total. The van der Waals surface area contributed by atoms with Gasteiger partial charge >= 0.3 is 0 Å². The summed E-state index contributed by atoms with van der Waals surface area (Å²) in [4.78, 5) is 12.7. The first-order chi connectivity index (χ1) is 14.2. The summed E-state index contributed by atoms with van der Waals surface area (Å²) < 4.78 is 23.5. The molecule has 148 valence electrons. The van der Waals surface area contributed by atoms with Gasteiger partial charge in [0.15, 0.2) is 17.2 Å². The van der Waals surface area contributed by atoms with Crippen molar-refractivity contribution in [1.29, 1.82) is 0 Å². The van der Waals surface area contributed by atoms with Crippen molar-refractivity contribution in [2.75, 3.05) is 19.2 Å². The first kappa shape index (κ1) is 17.5. The molecule has 5 rings (SSSR count). The van der Waals surface area contributed by atoms with Crippen molar-refractivity contribution in [2.45, 2.75) is 19.3 Å². The molecule has 3 heterocycles. The van der Waals surface area contributed by atoms with E-state index >= 15 is 0 Å². The zero-order chi connectivity index (χ0) is 19.8. The molecule has 0 spiro atoms. The maximum absolute atomic E-state index is 12.7. The Morgan fingerprint density at radius 2 is 2.00 bits per heavy atom. The predicted octanol–water partition coefficient (Wildman–Crippen LogP) is 2.54. The minimum atomic E-state index is -0.350. The van der Waals surface area contributed by atoms with Gasteiger partial charge in [0.1, 0.15) is 11.9 Å². The molecule has 2 aliphatic heterocycles. The van der Waals surface area contributed by atoms with Gasteiger partial charge in [0.25, 0.3) is 5.91 Å². The van der Waals surface area contributed by atoms with Crippen LogP contribution in [-0.4, -0.2) is 34.8 Å². The van der Waals surface area contributed by atoms with Crippen LogP contribution in [0, 0.1) is 0 Å². The number of fused-ring (bicyclic) bond motifs is 2. The molecule has 2 aromatic carbocycles. The summed E-state index contributed by atoms with van der Waals surface area (Å²) >= 11 is 0. The molecule has 0 unspecified atom stereocenters. The third kappa shape index (κ3) is 3.25. The second kappa shape index (κ2) is 7.10. The van der Waals surface area contributed by atoms with Crippen molar-refractivity contribution in [3.8, 4) is 17.2 Å². The number of nitrogens with one attached hydrogen (secondary N) is 1. The fourth-order valence-electron chi connectivity index (χ4n) is 3.37. The Hall–Kier alpha value is -3.59. The number of ether oxygens (including phenoxy) is 4. The number of aromatic nitrogens is 3. The fraction of sp³-hybridized carbons (Fsp3) is 0.250. The van der Waals surface area contributed by atoms with E-state index in [1.165, 1.54) is 0 Å². The smallest absolute Gasteiger partial charge is 0.278 e. The maximum atomic E-state index is 12.7. The van der Waals surface area contributed by atoms with E-state index in [9.17, 15) is 4.79 Å². The van der Waals surface area contributed by atoms with E-state index in [1.807, 2.05) is 24.3 Å². The number of methoxy groups -OCH3 is 1. The highest BCUT2D eigenvalue weighted by Crippen LogP contribution is 2.34. The highest BCUT2D eigenvalue weighted by molar-refractivity contribution is 6.03.